The summed E-state index contributed by atoms with van der Waals surface area (Å²) in [7, 11) is 0. The zero-order valence-electron chi connectivity index (χ0n) is 7.96. The molecule has 0 bridgehead atoms. The predicted octanol–water partition coefficient (Wildman–Crippen LogP) is 2.93. The molecule has 1 aliphatic rings. The highest BCUT2D eigenvalue weighted by atomic mass is 35.5. The minimum Gasteiger partial charge on any atom is -0.326 e. The Morgan fingerprint density at radius 3 is 2.86 bits per heavy atom. The van der Waals surface area contributed by atoms with Gasteiger partial charge in [0.05, 0.1) is 0 Å². The molecule has 0 heterocycles. The van der Waals surface area contributed by atoms with Crippen LogP contribution >= 0.6 is 11.6 Å². The molecule has 2 nitrogen and oxygen atoms in total. The van der Waals surface area contributed by atoms with E-state index >= 15 is 0 Å². The standard InChI is InChI=1S/C11H12ClNO/c1-7-5-10(7)11(14)13-9-4-2-3-8(12)6-9/h2-4,6-7,10H,5H2,1H3,(H,13,14)/t7-,10-/m1/s1. The van der Waals surface area contributed by atoms with E-state index in [0.29, 0.717) is 10.9 Å². The van der Waals surface area contributed by atoms with Gasteiger partial charge in [-0.2, -0.15) is 0 Å². The maximum Gasteiger partial charge on any atom is 0.227 e. The highest BCUT2D eigenvalue weighted by molar-refractivity contribution is 6.30. The van der Waals surface area contributed by atoms with Crippen molar-refractivity contribution in [1.82, 2.24) is 0 Å². The summed E-state index contributed by atoms with van der Waals surface area (Å²) in [6.07, 6.45) is 1.01. The normalized spacial score (nSPS) is 24.4. The molecule has 1 fully saturated rings. The number of benzene rings is 1. The van der Waals surface area contributed by atoms with E-state index in [-0.39, 0.29) is 11.8 Å². The van der Waals surface area contributed by atoms with Crippen molar-refractivity contribution in [3.8, 4) is 0 Å². The second kappa shape index (κ2) is 3.62. The molecular formula is C11H12ClNO. The van der Waals surface area contributed by atoms with Crippen LogP contribution < -0.4 is 5.32 Å². The summed E-state index contributed by atoms with van der Waals surface area (Å²) in [6.45, 7) is 2.09. The molecule has 0 saturated heterocycles. The molecule has 1 saturated carbocycles. The topological polar surface area (TPSA) is 29.1 Å². The smallest absolute Gasteiger partial charge is 0.227 e. The van der Waals surface area contributed by atoms with Crippen molar-refractivity contribution in [1.29, 1.82) is 0 Å². The van der Waals surface area contributed by atoms with Crippen LogP contribution in [0.25, 0.3) is 0 Å². The number of hydrogen-bond donors (Lipinski definition) is 1. The number of nitrogens with one attached hydrogen (secondary N) is 1. The summed E-state index contributed by atoms with van der Waals surface area (Å²) in [5, 5.41) is 3.50. The van der Waals surface area contributed by atoms with Gasteiger partial charge in [-0.1, -0.05) is 24.6 Å². The third-order valence-electron chi connectivity index (χ3n) is 2.54. The molecule has 14 heavy (non-hydrogen) atoms. The van der Waals surface area contributed by atoms with Crippen LogP contribution in [0.5, 0.6) is 0 Å². The Hall–Kier alpha value is -1.02. The Bertz CT molecular complexity index is 364. The van der Waals surface area contributed by atoms with Crippen molar-refractivity contribution >= 4 is 23.2 Å². The third kappa shape index (κ3) is 2.07. The van der Waals surface area contributed by atoms with E-state index in [1.165, 1.54) is 0 Å². The van der Waals surface area contributed by atoms with Gasteiger partial charge in [0, 0.05) is 16.6 Å². The van der Waals surface area contributed by atoms with Crippen LogP contribution in [0.3, 0.4) is 0 Å². The molecule has 2 rings (SSSR count). The SMILES string of the molecule is C[C@@H]1C[C@H]1C(=O)Nc1cccc(Cl)c1. The molecular weight excluding hydrogens is 198 g/mol. The summed E-state index contributed by atoms with van der Waals surface area (Å²) >= 11 is 5.80. The predicted molar refractivity (Wildman–Crippen MR) is 57.4 cm³/mol. The molecule has 0 radical (unpaired) electrons. The van der Waals surface area contributed by atoms with Gasteiger partial charge in [0.25, 0.3) is 0 Å². The first-order valence-electron chi connectivity index (χ1n) is 4.73. The van der Waals surface area contributed by atoms with Gasteiger partial charge in [-0.3, -0.25) is 4.79 Å². The summed E-state index contributed by atoms with van der Waals surface area (Å²) in [4.78, 5) is 11.5. The molecule has 1 aromatic carbocycles. The maximum atomic E-state index is 11.5. The van der Waals surface area contributed by atoms with Gasteiger partial charge >= 0.3 is 0 Å². The van der Waals surface area contributed by atoms with Crippen LogP contribution in [-0.4, -0.2) is 5.91 Å². The van der Waals surface area contributed by atoms with Gasteiger partial charge in [0.2, 0.25) is 5.91 Å². The number of carbonyl (C=O) groups is 1. The van der Waals surface area contributed by atoms with E-state index in [4.69, 9.17) is 11.6 Å². The van der Waals surface area contributed by atoms with E-state index in [1.807, 2.05) is 12.1 Å². The second-order valence-corrected chi connectivity index (χ2v) is 4.26. The van der Waals surface area contributed by atoms with Crippen molar-refractivity contribution in [3.05, 3.63) is 29.3 Å². The van der Waals surface area contributed by atoms with E-state index < -0.39 is 0 Å². The summed E-state index contributed by atoms with van der Waals surface area (Å²) in [6, 6.07) is 7.22. The fraction of sp³-hybridized carbons (Fsp3) is 0.364. The summed E-state index contributed by atoms with van der Waals surface area (Å²) in [5.74, 6) is 0.850. The van der Waals surface area contributed by atoms with Gasteiger partial charge in [0.1, 0.15) is 0 Å². The van der Waals surface area contributed by atoms with Gasteiger partial charge in [-0.25, -0.2) is 0 Å². The molecule has 0 spiro atoms. The van der Waals surface area contributed by atoms with Gasteiger partial charge in [-0.15, -0.1) is 0 Å². The molecule has 1 N–H and O–H groups in total. The molecule has 0 aromatic heterocycles. The lowest BCUT2D eigenvalue weighted by atomic mass is 10.3. The van der Waals surface area contributed by atoms with Crippen molar-refractivity contribution in [2.45, 2.75) is 13.3 Å². The van der Waals surface area contributed by atoms with Crippen LogP contribution in [0.15, 0.2) is 24.3 Å². The minimum atomic E-state index is 0.111. The Balaban J connectivity index is 2.00. The van der Waals surface area contributed by atoms with Gasteiger partial charge in [-0.05, 0) is 30.5 Å². The highest BCUT2D eigenvalue weighted by Gasteiger charge is 2.38. The zero-order valence-corrected chi connectivity index (χ0v) is 8.71. The van der Waals surface area contributed by atoms with Crippen LogP contribution in [0.2, 0.25) is 5.02 Å². The number of rotatable bonds is 2. The van der Waals surface area contributed by atoms with Crippen molar-refractivity contribution in [2.24, 2.45) is 11.8 Å². The monoisotopic (exact) mass is 209 g/mol. The quantitative estimate of drug-likeness (QED) is 0.797. The summed E-state index contributed by atoms with van der Waals surface area (Å²) < 4.78 is 0. The van der Waals surface area contributed by atoms with E-state index in [2.05, 4.69) is 12.2 Å². The number of hydrogen-bond acceptors (Lipinski definition) is 1. The summed E-state index contributed by atoms with van der Waals surface area (Å²) in [5.41, 5.74) is 0.779. The zero-order chi connectivity index (χ0) is 10.1. The van der Waals surface area contributed by atoms with Crippen LogP contribution in [0, 0.1) is 11.8 Å². The largest absolute Gasteiger partial charge is 0.326 e. The Morgan fingerprint density at radius 2 is 2.29 bits per heavy atom. The highest BCUT2D eigenvalue weighted by Crippen LogP contribution is 2.38. The second-order valence-electron chi connectivity index (χ2n) is 3.82. The first-order chi connectivity index (χ1) is 6.66. The molecule has 0 aliphatic heterocycles. The van der Waals surface area contributed by atoms with E-state index in [1.54, 1.807) is 12.1 Å². The first-order valence-corrected chi connectivity index (χ1v) is 5.11. The lowest BCUT2D eigenvalue weighted by molar-refractivity contribution is -0.117. The Labute approximate surface area is 88.3 Å². The number of amides is 1. The molecule has 1 aromatic rings. The lowest BCUT2D eigenvalue weighted by Gasteiger charge is -2.04. The third-order valence-corrected chi connectivity index (χ3v) is 2.77. The van der Waals surface area contributed by atoms with Crippen LogP contribution in [0.1, 0.15) is 13.3 Å². The van der Waals surface area contributed by atoms with Crippen LogP contribution in [0.4, 0.5) is 5.69 Å². The minimum absolute atomic E-state index is 0.111. The molecule has 1 amide bonds. The average Bonchev–Trinajstić information content (AvgIpc) is 2.82. The van der Waals surface area contributed by atoms with E-state index in [0.717, 1.165) is 12.1 Å². The number of carbonyl (C=O) groups excluding carboxylic acids is 1. The van der Waals surface area contributed by atoms with Gasteiger partial charge in [0.15, 0.2) is 0 Å². The molecule has 1 aliphatic carbocycles. The van der Waals surface area contributed by atoms with Crippen molar-refractivity contribution in [3.63, 3.8) is 0 Å². The first kappa shape index (κ1) is 9.53. The Morgan fingerprint density at radius 1 is 1.57 bits per heavy atom. The fourth-order valence-corrected chi connectivity index (χ4v) is 1.68. The van der Waals surface area contributed by atoms with Crippen LogP contribution in [-0.2, 0) is 4.79 Å². The molecule has 0 unspecified atom stereocenters. The molecule has 74 valence electrons. The lowest BCUT2D eigenvalue weighted by Crippen LogP contribution is -2.14. The average molecular weight is 210 g/mol. The molecule has 3 heteroatoms. The molecule has 2 atom stereocenters. The number of anilines is 1. The van der Waals surface area contributed by atoms with Crippen molar-refractivity contribution in [2.75, 3.05) is 5.32 Å². The number of halogens is 1. The fourth-order valence-electron chi connectivity index (χ4n) is 1.49. The Kier molecular flexibility index (Phi) is 2.46. The van der Waals surface area contributed by atoms with Crippen molar-refractivity contribution < 1.29 is 4.79 Å². The van der Waals surface area contributed by atoms with Gasteiger partial charge < -0.3 is 5.32 Å². The van der Waals surface area contributed by atoms with E-state index in [9.17, 15) is 4.79 Å². The maximum absolute atomic E-state index is 11.5.